The molecule has 1 aromatic rings. The van der Waals surface area contributed by atoms with Crippen LogP contribution in [0.4, 0.5) is 20.2 Å². The summed E-state index contributed by atoms with van der Waals surface area (Å²) in [4.78, 5) is 9.69. The second-order valence-corrected chi connectivity index (χ2v) is 5.36. The highest BCUT2D eigenvalue weighted by molar-refractivity contribution is 7.89. The van der Waals surface area contributed by atoms with Crippen molar-refractivity contribution in [3.8, 4) is 0 Å². The lowest BCUT2D eigenvalue weighted by molar-refractivity contribution is -0.385. The molecule has 0 unspecified atom stereocenters. The van der Waals surface area contributed by atoms with Gasteiger partial charge in [-0.15, -0.1) is 0 Å². The van der Waals surface area contributed by atoms with Crippen LogP contribution in [0.5, 0.6) is 0 Å². The Hall–Kier alpha value is -1.81. The molecule has 1 rings (SSSR count). The molecule has 10 heteroatoms. The van der Waals surface area contributed by atoms with Crippen LogP contribution in [0.1, 0.15) is 12.0 Å². The summed E-state index contributed by atoms with van der Waals surface area (Å²) in [6, 6.07) is 2.89. The number of hydrogen-bond acceptors (Lipinski definition) is 5. The van der Waals surface area contributed by atoms with Gasteiger partial charge in [0.25, 0.3) is 12.1 Å². The monoisotopic (exact) mass is 295 g/mol. The predicted molar refractivity (Wildman–Crippen MR) is 64.5 cm³/mol. The third kappa shape index (κ3) is 4.75. The van der Waals surface area contributed by atoms with E-state index in [2.05, 4.69) is 5.32 Å². The molecule has 0 fully saturated rings. The molecule has 0 saturated carbocycles. The highest BCUT2D eigenvalue weighted by Gasteiger charge is 2.18. The van der Waals surface area contributed by atoms with Crippen molar-refractivity contribution < 1.29 is 22.1 Å². The van der Waals surface area contributed by atoms with Crippen LogP contribution in [0.25, 0.3) is 0 Å². The van der Waals surface area contributed by atoms with Gasteiger partial charge in [-0.1, -0.05) is 0 Å². The first-order chi connectivity index (χ1) is 8.70. The average Bonchev–Trinajstić information content (AvgIpc) is 2.27. The molecule has 0 heterocycles. The third-order valence-corrected chi connectivity index (χ3v) is 2.96. The highest BCUT2D eigenvalue weighted by atomic mass is 32.2. The third-order valence-electron chi connectivity index (χ3n) is 2.18. The Morgan fingerprint density at radius 3 is 2.53 bits per heavy atom. The van der Waals surface area contributed by atoms with Crippen molar-refractivity contribution in [2.24, 2.45) is 5.14 Å². The summed E-state index contributed by atoms with van der Waals surface area (Å²) < 4.78 is 46.8. The maximum Gasteiger partial charge on any atom is 0.270 e. The molecule has 0 spiro atoms. The number of nitro groups is 1. The van der Waals surface area contributed by atoms with Crippen LogP contribution in [0.2, 0.25) is 0 Å². The second kappa shape index (κ2) is 5.89. The summed E-state index contributed by atoms with van der Waals surface area (Å²) in [5.41, 5.74) is -1.10. The van der Waals surface area contributed by atoms with Gasteiger partial charge in [0.15, 0.2) is 0 Å². The average molecular weight is 295 g/mol. The van der Waals surface area contributed by atoms with Crippen molar-refractivity contribution in [2.45, 2.75) is 6.43 Å². The lowest BCUT2D eigenvalue weighted by atomic mass is 10.1. The van der Waals surface area contributed by atoms with E-state index in [1.807, 2.05) is 0 Å². The summed E-state index contributed by atoms with van der Waals surface area (Å²) in [6.07, 6.45) is -2.92. The Bertz CT molecular complexity index is 577. The number of nitrogens with two attached hydrogens (primary N) is 1. The van der Waals surface area contributed by atoms with Crippen LogP contribution in [0.15, 0.2) is 18.2 Å². The largest absolute Gasteiger partial charge is 0.384 e. The van der Waals surface area contributed by atoms with Gasteiger partial charge in [0.1, 0.15) is 0 Å². The number of alkyl halides is 2. The fraction of sp³-hybridized carbons (Fsp3) is 0.333. The molecule has 0 aliphatic carbocycles. The van der Waals surface area contributed by atoms with E-state index in [1.54, 1.807) is 0 Å². The molecule has 0 aliphatic rings. The Morgan fingerprint density at radius 1 is 1.42 bits per heavy atom. The van der Waals surface area contributed by atoms with Gasteiger partial charge in [-0.05, 0) is 6.07 Å². The topological polar surface area (TPSA) is 115 Å². The van der Waals surface area contributed by atoms with Crippen LogP contribution in [0, 0.1) is 10.1 Å². The molecule has 0 saturated heterocycles. The number of hydrogen-bond donors (Lipinski definition) is 2. The number of nitro benzene ring substituents is 1. The molecule has 7 nitrogen and oxygen atoms in total. The summed E-state index contributed by atoms with van der Waals surface area (Å²) >= 11 is 0. The van der Waals surface area contributed by atoms with Crippen LogP contribution in [0.3, 0.4) is 0 Å². The molecule has 3 N–H and O–H groups in total. The zero-order valence-electron chi connectivity index (χ0n) is 9.55. The maximum atomic E-state index is 12.7. The molecule has 0 atom stereocenters. The molecule has 19 heavy (non-hydrogen) atoms. The maximum absolute atomic E-state index is 12.7. The van der Waals surface area contributed by atoms with Crippen LogP contribution in [-0.4, -0.2) is 25.6 Å². The zero-order chi connectivity index (χ0) is 14.6. The van der Waals surface area contributed by atoms with E-state index in [0.717, 1.165) is 18.2 Å². The first kappa shape index (κ1) is 15.2. The Kier molecular flexibility index (Phi) is 4.72. The van der Waals surface area contributed by atoms with Gasteiger partial charge < -0.3 is 5.32 Å². The smallest absolute Gasteiger partial charge is 0.270 e. The SMILES string of the molecule is NS(=O)(=O)CCNc1ccc([N+](=O)[O-])cc1C(F)F. The van der Waals surface area contributed by atoms with E-state index in [1.165, 1.54) is 0 Å². The van der Waals surface area contributed by atoms with Crippen LogP contribution >= 0.6 is 0 Å². The standard InChI is InChI=1S/C9H11F2N3O4S/c10-9(11)7-5-6(14(15)16)1-2-8(7)13-3-4-19(12,17)18/h1-2,5,9,13H,3-4H2,(H2,12,17,18). The van der Waals surface area contributed by atoms with Crippen LogP contribution in [-0.2, 0) is 10.0 Å². The lowest BCUT2D eigenvalue weighted by Gasteiger charge is -2.10. The molecule has 1 aromatic carbocycles. The van der Waals surface area contributed by atoms with Crippen molar-refractivity contribution >= 4 is 21.4 Å². The number of halogens is 2. The lowest BCUT2D eigenvalue weighted by Crippen LogP contribution is -2.22. The summed E-state index contributed by atoms with van der Waals surface area (Å²) in [5, 5.41) is 17.7. The highest BCUT2D eigenvalue weighted by Crippen LogP contribution is 2.30. The van der Waals surface area contributed by atoms with E-state index in [0.29, 0.717) is 0 Å². The van der Waals surface area contributed by atoms with Crippen molar-refractivity contribution in [3.63, 3.8) is 0 Å². The molecule has 0 aliphatic heterocycles. The van der Waals surface area contributed by atoms with E-state index >= 15 is 0 Å². The summed E-state index contributed by atoms with van der Waals surface area (Å²) in [7, 11) is -3.71. The first-order valence-corrected chi connectivity index (χ1v) is 6.73. The number of non-ortho nitro benzene ring substituents is 1. The number of anilines is 1. The Morgan fingerprint density at radius 2 is 2.05 bits per heavy atom. The van der Waals surface area contributed by atoms with Crippen LogP contribution < -0.4 is 10.5 Å². The van der Waals surface area contributed by atoms with Gasteiger partial charge in [0.2, 0.25) is 10.0 Å². The number of benzene rings is 1. The van der Waals surface area contributed by atoms with Crippen molar-refractivity contribution in [2.75, 3.05) is 17.6 Å². The minimum Gasteiger partial charge on any atom is -0.384 e. The minimum absolute atomic E-state index is 0.0655. The molecule has 0 amide bonds. The van der Waals surface area contributed by atoms with Gasteiger partial charge in [-0.25, -0.2) is 22.3 Å². The number of rotatable bonds is 6. The van der Waals surface area contributed by atoms with Gasteiger partial charge >= 0.3 is 0 Å². The normalized spacial score (nSPS) is 11.6. The molecule has 106 valence electrons. The Balaban J connectivity index is 2.91. The molecular formula is C9H11F2N3O4S. The number of nitrogens with zero attached hydrogens (tertiary/aromatic N) is 1. The van der Waals surface area contributed by atoms with Crippen molar-refractivity contribution in [1.82, 2.24) is 0 Å². The second-order valence-electron chi connectivity index (χ2n) is 3.62. The molecule has 0 radical (unpaired) electrons. The first-order valence-electron chi connectivity index (χ1n) is 5.01. The minimum atomic E-state index is -3.71. The number of primary sulfonamides is 1. The fourth-order valence-electron chi connectivity index (χ4n) is 1.33. The van der Waals surface area contributed by atoms with E-state index < -0.39 is 38.4 Å². The van der Waals surface area contributed by atoms with Crippen molar-refractivity contribution in [1.29, 1.82) is 0 Å². The van der Waals surface area contributed by atoms with Gasteiger partial charge in [0.05, 0.1) is 10.7 Å². The van der Waals surface area contributed by atoms with E-state index in [-0.39, 0.29) is 12.2 Å². The van der Waals surface area contributed by atoms with Crippen molar-refractivity contribution in [3.05, 3.63) is 33.9 Å². The summed E-state index contributed by atoms with van der Waals surface area (Å²) in [5.74, 6) is -0.438. The zero-order valence-corrected chi connectivity index (χ0v) is 10.4. The molecular weight excluding hydrogens is 284 g/mol. The number of sulfonamides is 1. The summed E-state index contributed by atoms with van der Waals surface area (Å²) in [6.45, 7) is -0.170. The quantitative estimate of drug-likeness (QED) is 0.605. The fourth-order valence-corrected chi connectivity index (χ4v) is 1.72. The number of nitrogens with one attached hydrogen (secondary N) is 1. The Labute approximate surface area is 107 Å². The van der Waals surface area contributed by atoms with E-state index in [9.17, 15) is 27.3 Å². The molecule has 0 aromatic heterocycles. The van der Waals surface area contributed by atoms with Gasteiger partial charge in [-0.3, -0.25) is 10.1 Å². The van der Waals surface area contributed by atoms with E-state index in [4.69, 9.17) is 5.14 Å². The predicted octanol–water partition coefficient (Wildman–Crippen LogP) is 1.23. The molecule has 0 bridgehead atoms. The van der Waals surface area contributed by atoms with Gasteiger partial charge in [0, 0.05) is 29.9 Å². The van der Waals surface area contributed by atoms with Gasteiger partial charge in [-0.2, -0.15) is 0 Å².